The van der Waals surface area contributed by atoms with Crippen molar-refractivity contribution >= 4 is 17.1 Å². The first-order valence-corrected chi connectivity index (χ1v) is 7.30. The minimum atomic E-state index is -4.59. The highest BCUT2D eigenvalue weighted by atomic mass is 19.4. The second kappa shape index (κ2) is 5.29. The van der Waals surface area contributed by atoms with Crippen LogP contribution < -0.4 is 15.4 Å². The third-order valence-corrected chi connectivity index (χ3v) is 3.74. The van der Waals surface area contributed by atoms with E-state index in [-0.39, 0.29) is 23.7 Å². The molecule has 2 aromatic rings. The maximum atomic E-state index is 13.5. The van der Waals surface area contributed by atoms with Crippen molar-refractivity contribution in [3.05, 3.63) is 47.8 Å². The van der Waals surface area contributed by atoms with Gasteiger partial charge in [-0.25, -0.2) is 4.39 Å². The number of hydrogen-bond donors (Lipinski definition) is 1. The molecule has 24 heavy (non-hydrogen) atoms. The van der Waals surface area contributed by atoms with Gasteiger partial charge in [-0.3, -0.25) is 0 Å². The second-order valence-electron chi connectivity index (χ2n) is 6.34. The molecule has 0 amide bonds. The summed E-state index contributed by atoms with van der Waals surface area (Å²) in [6, 6.07) is 7.57. The molecule has 1 aliphatic heterocycles. The van der Waals surface area contributed by atoms with E-state index in [2.05, 4.69) is 0 Å². The minimum Gasteiger partial charge on any atom is -0.484 e. The van der Waals surface area contributed by atoms with Gasteiger partial charge >= 0.3 is 6.18 Å². The van der Waals surface area contributed by atoms with Crippen LogP contribution in [0.2, 0.25) is 0 Å². The largest absolute Gasteiger partial charge is 0.484 e. The normalized spacial score (nSPS) is 16.5. The molecule has 128 valence electrons. The van der Waals surface area contributed by atoms with E-state index in [0.717, 1.165) is 6.07 Å². The first-order valence-electron chi connectivity index (χ1n) is 7.30. The monoisotopic (exact) mass is 340 g/mol. The van der Waals surface area contributed by atoms with Crippen LogP contribution in [-0.2, 0) is 6.18 Å². The number of ether oxygens (including phenoxy) is 1. The number of benzene rings is 2. The number of halogens is 4. The third kappa shape index (κ3) is 2.98. The van der Waals surface area contributed by atoms with E-state index >= 15 is 0 Å². The fourth-order valence-corrected chi connectivity index (χ4v) is 2.83. The van der Waals surface area contributed by atoms with E-state index < -0.39 is 23.2 Å². The Morgan fingerprint density at radius 3 is 2.33 bits per heavy atom. The SMILES string of the molecule is CC1(C)CN(c2ccc(F)cc2)c2c(cc(N)cc2C(F)(F)F)O1. The topological polar surface area (TPSA) is 38.5 Å². The molecule has 0 spiro atoms. The van der Waals surface area contributed by atoms with Crippen LogP contribution in [-0.4, -0.2) is 12.1 Å². The number of alkyl halides is 3. The third-order valence-electron chi connectivity index (χ3n) is 3.74. The van der Waals surface area contributed by atoms with Crippen molar-refractivity contribution in [2.75, 3.05) is 17.2 Å². The molecule has 1 aliphatic rings. The summed E-state index contributed by atoms with van der Waals surface area (Å²) in [5, 5.41) is 0. The fraction of sp³-hybridized carbons (Fsp3) is 0.294. The Kier molecular flexibility index (Phi) is 3.62. The molecule has 0 radical (unpaired) electrons. The molecule has 1 heterocycles. The van der Waals surface area contributed by atoms with Crippen LogP contribution in [0.5, 0.6) is 5.75 Å². The summed E-state index contributed by atoms with van der Waals surface area (Å²) in [6.45, 7) is 3.71. The highest BCUT2D eigenvalue weighted by Gasteiger charge is 2.42. The molecule has 2 aromatic carbocycles. The molecular weight excluding hydrogens is 324 g/mol. The van der Waals surface area contributed by atoms with Gasteiger partial charge in [-0.05, 0) is 44.2 Å². The van der Waals surface area contributed by atoms with Crippen molar-refractivity contribution in [2.24, 2.45) is 0 Å². The van der Waals surface area contributed by atoms with E-state index in [1.165, 1.54) is 35.2 Å². The summed E-state index contributed by atoms with van der Waals surface area (Å²) in [6.07, 6.45) is -4.59. The molecule has 7 heteroatoms. The zero-order valence-electron chi connectivity index (χ0n) is 13.1. The van der Waals surface area contributed by atoms with Crippen molar-refractivity contribution < 1.29 is 22.3 Å². The molecule has 0 aliphatic carbocycles. The average Bonchev–Trinajstić information content (AvgIpc) is 2.44. The summed E-state index contributed by atoms with van der Waals surface area (Å²) >= 11 is 0. The predicted octanol–water partition coefficient (Wildman–Crippen LogP) is 4.74. The van der Waals surface area contributed by atoms with Crippen molar-refractivity contribution in [1.82, 2.24) is 0 Å². The lowest BCUT2D eigenvalue weighted by Gasteiger charge is -2.42. The van der Waals surface area contributed by atoms with Gasteiger partial charge in [0.25, 0.3) is 0 Å². The summed E-state index contributed by atoms with van der Waals surface area (Å²) in [5.74, 6) is -0.400. The molecule has 0 atom stereocenters. The Labute approximate surface area is 136 Å². The molecule has 0 saturated carbocycles. The maximum Gasteiger partial charge on any atom is 0.418 e. The van der Waals surface area contributed by atoms with Gasteiger partial charge in [-0.2, -0.15) is 13.2 Å². The second-order valence-corrected chi connectivity index (χ2v) is 6.34. The standard InChI is InChI=1S/C17H16F4N2O/c1-16(2)9-23(12-5-3-10(18)4-6-12)15-13(17(19,20)21)7-11(22)8-14(15)24-16/h3-8H,9,22H2,1-2H3. The van der Waals surface area contributed by atoms with E-state index in [4.69, 9.17) is 10.5 Å². The molecule has 0 fully saturated rings. The van der Waals surface area contributed by atoms with Crippen LogP contribution in [0.15, 0.2) is 36.4 Å². The van der Waals surface area contributed by atoms with Crippen LogP contribution in [0.25, 0.3) is 0 Å². The number of nitrogens with two attached hydrogens (primary N) is 1. The first-order chi connectivity index (χ1) is 11.1. The lowest BCUT2D eigenvalue weighted by molar-refractivity contribution is -0.137. The van der Waals surface area contributed by atoms with Crippen LogP contribution in [0.3, 0.4) is 0 Å². The van der Waals surface area contributed by atoms with E-state index in [9.17, 15) is 17.6 Å². The number of nitrogen functional groups attached to an aromatic ring is 1. The fourth-order valence-electron chi connectivity index (χ4n) is 2.83. The number of anilines is 3. The molecule has 3 rings (SSSR count). The molecule has 0 unspecified atom stereocenters. The number of fused-ring (bicyclic) bond motifs is 1. The number of nitrogens with zero attached hydrogens (tertiary/aromatic N) is 1. The molecule has 0 aromatic heterocycles. The molecule has 0 saturated heterocycles. The van der Waals surface area contributed by atoms with Gasteiger partial charge in [0, 0.05) is 17.4 Å². The van der Waals surface area contributed by atoms with Crippen molar-refractivity contribution in [2.45, 2.75) is 25.6 Å². The average molecular weight is 340 g/mol. The van der Waals surface area contributed by atoms with Gasteiger partial charge in [0.2, 0.25) is 0 Å². The van der Waals surface area contributed by atoms with Crippen molar-refractivity contribution in [1.29, 1.82) is 0 Å². The van der Waals surface area contributed by atoms with Gasteiger partial charge in [0.15, 0.2) is 0 Å². The minimum absolute atomic E-state index is 0.0298. The van der Waals surface area contributed by atoms with Gasteiger partial charge in [0.05, 0.1) is 17.8 Å². The first kappa shape index (κ1) is 16.4. The molecule has 3 nitrogen and oxygen atoms in total. The van der Waals surface area contributed by atoms with Gasteiger partial charge in [-0.1, -0.05) is 0 Å². The zero-order valence-corrected chi connectivity index (χ0v) is 13.1. The van der Waals surface area contributed by atoms with Crippen molar-refractivity contribution in [3.63, 3.8) is 0 Å². The Balaban J connectivity index is 2.24. The molecular formula is C17H16F4N2O. The van der Waals surface area contributed by atoms with Gasteiger partial charge < -0.3 is 15.4 Å². The molecule has 0 bridgehead atoms. The van der Waals surface area contributed by atoms with Gasteiger partial charge in [-0.15, -0.1) is 0 Å². The van der Waals surface area contributed by atoms with Crippen LogP contribution >= 0.6 is 0 Å². The summed E-state index contributed by atoms with van der Waals surface area (Å²) in [7, 11) is 0. The summed E-state index contributed by atoms with van der Waals surface area (Å²) < 4.78 is 59.4. The smallest absolute Gasteiger partial charge is 0.418 e. The zero-order chi connectivity index (χ0) is 17.7. The van der Waals surface area contributed by atoms with E-state index in [1.807, 2.05) is 0 Å². The van der Waals surface area contributed by atoms with E-state index in [1.54, 1.807) is 13.8 Å². The van der Waals surface area contributed by atoms with Gasteiger partial charge in [0.1, 0.15) is 17.2 Å². The number of hydrogen-bond acceptors (Lipinski definition) is 3. The predicted molar refractivity (Wildman–Crippen MR) is 84.0 cm³/mol. The van der Waals surface area contributed by atoms with Crippen molar-refractivity contribution in [3.8, 4) is 5.75 Å². The Morgan fingerprint density at radius 1 is 1.12 bits per heavy atom. The lowest BCUT2D eigenvalue weighted by Crippen LogP contribution is -2.45. The Hall–Kier alpha value is -2.44. The lowest BCUT2D eigenvalue weighted by atomic mass is 10.0. The Bertz CT molecular complexity index is 769. The van der Waals surface area contributed by atoms with Crippen LogP contribution in [0.1, 0.15) is 19.4 Å². The quantitative estimate of drug-likeness (QED) is 0.602. The van der Waals surface area contributed by atoms with Crippen LogP contribution in [0, 0.1) is 5.82 Å². The highest BCUT2D eigenvalue weighted by molar-refractivity contribution is 5.77. The van der Waals surface area contributed by atoms with E-state index in [0.29, 0.717) is 5.69 Å². The highest BCUT2D eigenvalue weighted by Crippen LogP contribution is 2.49. The summed E-state index contributed by atoms with van der Waals surface area (Å²) in [4.78, 5) is 1.49. The number of rotatable bonds is 1. The molecule has 2 N–H and O–H groups in total. The summed E-state index contributed by atoms with van der Waals surface area (Å²) in [5.41, 5.74) is 4.32. The Morgan fingerprint density at radius 2 is 1.75 bits per heavy atom. The maximum absolute atomic E-state index is 13.5. The van der Waals surface area contributed by atoms with Crippen LogP contribution in [0.4, 0.5) is 34.6 Å².